The van der Waals surface area contributed by atoms with Crippen LogP contribution in [0, 0.1) is 11.8 Å². The molecular weight excluding hydrogens is 957 g/mol. The molecule has 6 aromatic rings. The molecule has 13 nitrogen and oxygen atoms in total. The molecule has 0 radical (unpaired) electrons. The van der Waals surface area contributed by atoms with E-state index in [4.69, 9.17) is 9.47 Å². The number of rotatable bonds is 15. The van der Waals surface area contributed by atoms with Crippen molar-refractivity contribution in [1.29, 1.82) is 0 Å². The Hall–Kier alpha value is -9.09. The number of carbonyl (C=O) groups is 5. The van der Waals surface area contributed by atoms with Crippen LogP contribution in [0.15, 0.2) is 230 Å². The summed E-state index contributed by atoms with van der Waals surface area (Å²) in [4.78, 5) is 66.4. The Morgan fingerprint density at radius 1 is 0.592 bits per heavy atom. The second-order valence-electron chi connectivity index (χ2n) is 17.0. The molecule has 1 aliphatic rings. The smallest absolute Gasteiger partial charge is 0.407 e. The number of ether oxygens (including phenoxy) is 2. The van der Waals surface area contributed by atoms with Gasteiger partial charge >= 0.3 is 18.0 Å². The zero-order valence-electron chi connectivity index (χ0n) is 43.1. The van der Waals surface area contributed by atoms with Crippen molar-refractivity contribution in [3.8, 4) is 11.8 Å². The lowest BCUT2D eigenvalue weighted by Crippen LogP contribution is -2.36. The highest BCUT2D eigenvalue weighted by atomic mass is 16.5. The number of amides is 4. The number of anilines is 6. The van der Waals surface area contributed by atoms with Crippen LogP contribution in [0.2, 0.25) is 0 Å². The molecule has 76 heavy (non-hydrogen) atoms. The fourth-order valence-corrected chi connectivity index (χ4v) is 7.44. The summed E-state index contributed by atoms with van der Waals surface area (Å²) in [6.45, 7) is 6.91. The van der Waals surface area contributed by atoms with E-state index in [1.165, 1.54) is 36.1 Å². The standard InChI is InChI=1S/C29H32N2O5.C17H17NO2.C17H15NO2/c1-3-35-29(34)30-24-12-10-11-23(21-24)18-20-28(33)36-22(2)17-19-27(32)31(25-13-6-4-7-14-25)26-15-8-5-9-16-26;2*1-14(19)12-13-17(20)18(15-8-4-2-5-9-15)16-10-6-3-7-11-16/h4-9,11,13-20,22,24H,3,10,12,21H2,1-2H3,(H,30,34);2-14,19H,1H3;2-11,14,19H,1H3/b19-17-,20-18+;13-12-;/t22-,24-;2*14-/m111/s1. The van der Waals surface area contributed by atoms with Gasteiger partial charge in [-0.15, -0.1) is 0 Å². The van der Waals surface area contributed by atoms with Gasteiger partial charge < -0.3 is 25.0 Å². The van der Waals surface area contributed by atoms with Gasteiger partial charge in [-0.3, -0.25) is 29.1 Å². The van der Waals surface area contributed by atoms with Crippen molar-refractivity contribution in [2.45, 2.75) is 71.3 Å². The molecule has 0 fully saturated rings. The molecule has 3 N–H and O–H groups in total. The van der Waals surface area contributed by atoms with E-state index >= 15 is 0 Å². The van der Waals surface area contributed by atoms with Gasteiger partial charge in [-0.1, -0.05) is 133 Å². The molecule has 0 aromatic heterocycles. The van der Waals surface area contributed by atoms with Crippen molar-refractivity contribution in [1.82, 2.24) is 5.32 Å². The number of hydrogen-bond donors (Lipinski definition) is 3. The van der Waals surface area contributed by atoms with Crippen LogP contribution in [0.1, 0.15) is 47.0 Å². The highest BCUT2D eigenvalue weighted by Crippen LogP contribution is 2.28. The molecule has 4 atom stereocenters. The van der Waals surface area contributed by atoms with Crippen LogP contribution in [-0.2, 0) is 28.7 Å². The Morgan fingerprint density at radius 3 is 1.37 bits per heavy atom. The summed E-state index contributed by atoms with van der Waals surface area (Å²) in [6, 6.07) is 56.1. The van der Waals surface area contributed by atoms with Crippen molar-refractivity contribution >= 4 is 63.9 Å². The first-order chi connectivity index (χ1) is 36.8. The van der Waals surface area contributed by atoms with E-state index < -0.39 is 30.4 Å². The lowest BCUT2D eigenvalue weighted by atomic mass is 9.94. The SMILES string of the molecule is CCOC(=O)N[C@@H]1CCC=C(/C=C/C(=O)O[C@H](C)/C=C\C(=O)N(c2ccccc2)c2ccccc2)C1.C[C@@H](O)/C=C\C(=O)N(c1ccccc1)c1ccccc1.C[C@@H](O)C#CC(=O)N(c1ccccc1)c1ccccc1. The molecule has 0 spiro atoms. The number of aliphatic hydroxyl groups excluding tert-OH is 2. The Labute approximate surface area is 445 Å². The maximum absolute atomic E-state index is 13.1. The van der Waals surface area contributed by atoms with Gasteiger partial charge in [-0.05, 0) is 137 Å². The number of aliphatic hydroxyl groups is 2. The highest BCUT2D eigenvalue weighted by molar-refractivity contribution is 6.11. The number of allylic oxidation sites excluding steroid dienone is 2. The van der Waals surface area contributed by atoms with Crippen molar-refractivity contribution < 1.29 is 43.7 Å². The fraction of sp³-hybridized carbons (Fsp3) is 0.190. The van der Waals surface area contributed by atoms with E-state index in [0.29, 0.717) is 13.0 Å². The molecule has 7 rings (SSSR count). The van der Waals surface area contributed by atoms with Crippen molar-refractivity contribution in [2.24, 2.45) is 0 Å². The number of nitrogens with one attached hydrogen (secondary N) is 1. The molecule has 0 unspecified atom stereocenters. The van der Waals surface area contributed by atoms with Gasteiger partial charge in [0.05, 0.1) is 12.7 Å². The van der Waals surface area contributed by atoms with Crippen molar-refractivity contribution in [3.63, 3.8) is 0 Å². The maximum Gasteiger partial charge on any atom is 0.407 e. The lowest BCUT2D eigenvalue weighted by Gasteiger charge is -2.22. The molecule has 0 saturated heterocycles. The van der Waals surface area contributed by atoms with Crippen molar-refractivity contribution in [2.75, 3.05) is 21.3 Å². The summed E-state index contributed by atoms with van der Waals surface area (Å²) < 4.78 is 10.3. The van der Waals surface area contributed by atoms with E-state index in [0.717, 1.165) is 52.5 Å². The fourth-order valence-electron chi connectivity index (χ4n) is 7.44. The van der Waals surface area contributed by atoms with Gasteiger partial charge in [-0.25, -0.2) is 9.59 Å². The van der Waals surface area contributed by atoms with Gasteiger partial charge in [-0.2, -0.15) is 0 Å². The van der Waals surface area contributed by atoms with Crippen LogP contribution in [0.4, 0.5) is 38.9 Å². The number of carbonyl (C=O) groups excluding carboxylic acids is 5. The second kappa shape index (κ2) is 31.5. The minimum atomic E-state index is -0.827. The van der Waals surface area contributed by atoms with Gasteiger partial charge in [0.1, 0.15) is 12.2 Å². The maximum atomic E-state index is 13.1. The summed E-state index contributed by atoms with van der Waals surface area (Å²) in [5, 5.41) is 21.3. The number of para-hydroxylation sites is 6. The first-order valence-electron chi connectivity index (χ1n) is 24.9. The van der Waals surface area contributed by atoms with Gasteiger partial charge in [0, 0.05) is 58.4 Å². The second-order valence-corrected chi connectivity index (χ2v) is 17.0. The molecule has 0 heterocycles. The Bertz CT molecular complexity index is 2820. The summed E-state index contributed by atoms with van der Waals surface area (Å²) in [7, 11) is 0. The normalized spacial score (nSPS) is 13.9. The van der Waals surface area contributed by atoms with Gasteiger partial charge in [0.25, 0.3) is 11.8 Å². The largest absolute Gasteiger partial charge is 0.455 e. The Balaban J connectivity index is 0.000000227. The van der Waals surface area contributed by atoms with Crippen LogP contribution in [0.25, 0.3) is 0 Å². The molecule has 390 valence electrons. The Morgan fingerprint density at radius 2 is 0.987 bits per heavy atom. The first-order valence-corrected chi connectivity index (χ1v) is 24.9. The van der Waals surface area contributed by atoms with Crippen LogP contribution < -0.4 is 20.0 Å². The highest BCUT2D eigenvalue weighted by Gasteiger charge is 2.20. The average molecular weight is 1020 g/mol. The minimum Gasteiger partial charge on any atom is -0.455 e. The number of nitrogens with zero attached hydrogens (tertiary/aromatic N) is 3. The Kier molecular flexibility index (Phi) is 24.0. The predicted octanol–water partition coefficient (Wildman–Crippen LogP) is 11.6. The quantitative estimate of drug-likeness (QED) is 0.0515. The summed E-state index contributed by atoms with van der Waals surface area (Å²) in [5.74, 6) is 3.62. The summed E-state index contributed by atoms with van der Waals surface area (Å²) in [5.41, 5.74) is 5.48. The molecular formula is C63H64N4O9. The summed E-state index contributed by atoms with van der Waals surface area (Å²) in [6.07, 6.45) is 10.7. The van der Waals surface area contributed by atoms with E-state index in [2.05, 4.69) is 17.2 Å². The third kappa shape index (κ3) is 19.7. The molecule has 6 aromatic carbocycles. The van der Waals surface area contributed by atoms with Gasteiger partial charge in [0.2, 0.25) is 0 Å². The zero-order valence-corrected chi connectivity index (χ0v) is 43.1. The minimum absolute atomic E-state index is 0.0326. The van der Waals surface area contributed by atoms with Crippen LogP contribution in [-0.4, -0.2) is 71.0 Å². The third-order valence-electron chi connectivity index (χ3n) is 10.9. The van der Waals surface area contributed by atoms with Crippen LogP contribution >= 0.6 is 0 Å². The zero-order chi connectivity index (χ0) is 54.5. The number of esters is 1. The summed E-state index contributed by atoms with van der Waals surface area (Å²) >= 11 is 0. The topological polar surface area (TPSA) is 166 Å². The molecule has 1 aliphatic carbocycles. The number of hydrogen-bond acceptors (Lipinski definition) is 9. The van der Waals surface area contributed by atoms with Gasteiger partial charge in [0.15, 0.2) is 0 Å². The predicted molar refractivity (Wildman–Crippen MR) is 300 cm³/mol. The molecule has 0 aliphatic heterocycles. The third-order valence-corrected chi connectivity index (χ3v) is 10.9. The van der Waals surface area contributed by atoms with Crippen LogP contribution in [0.5, 0.6) is 0 Å². The number of alkyl carbamates (subject to hydrolysis) is 1. The number of benzene rings is 6. The van der Waals surface area contributed by atoms with E-state index in [9.17, 15) is 34.2 Å². The average Bonchev–Trinajstić information content (AvgIpc) is 3.43. The first kappa shape index (κ1) is 57.8. The molecule has 0 saturated carbocycles. The van der Waals surface area contributed by atoms with Crippen LogP contribution in [0.3, 0.4) is 0 Å². The van der Waals surface area contributed by atoms with E-state index in [1.807, 2.05) is 188 Å². The molecule has 0 bridgehead atoms. The van der Waals surface area contributed by atoms with E-state index in [-0.39, 0.29) is 23.8 Å². The molecule has 13 heteroatoms. The monoisotopic (exact) mass is 1020 g/mol. The van der Waals surface area contributed by atoms with Crippen molar-refractivity contribution in [3.05, 3.63) is 230 Å². The van der Waals surface area contributed by atoms with E-state index in [1.54, 1.807) is 42.7 Å². The lowest BCUT2D eigenvalue weighted by molar-refractivity contribution is -0.140. The molecule has 4 amide bonds.